The van der Waals surface area contributed by atoms with Crippen LogP contribution in [0.2, 0.25) is 0 Å². The lowest BCUT2D eigenvalue weighted by Gasteiger charge is -2.15. The molecule has 0 aliphatic carbocycles. The van der Waals surface area contributed by atoms with Gasteiger partial charge >= 0.3 is 0 Å². The van der Waals surface area contributed by atoms with Gasteiger partial charge in [0, 0.05) is 30.6 Å². The first-order valence-corrected chi connectivity index (χ1v) is 7.60. The van der Waals surface area contributed by atoms with Gasteiger partial charge in [0.05, 0.1) is 26.7 Å². The largest absolute Gasteiger partial charge is 0.497 e. The molecule has 1 N–H and O–H groups in total. The highest BCUT2D eigenvalue weighted by Crippen LogP contribution is 2.31. The summed E-state index contributed by atoms with van der Waals surface area (Å²) in [6.07, 6.45) is 8.95. The van der Waals surface area contributed by atoms with Crippen molar-refractivity contribution in [3.8, 4) is 11.5 Å². The number of hydrogen-bond acceptors (Lipinski definition) is 4. The minimum absolute atomic E-state index is 0.505. The van der Waals surface area contributed by atoms with E-state index >= 15 is 0 Å². The second-order valence-corrected chi connectivity index (χ2v) is 5.27. The van der Waals surface area contributed by atoms with E-state index in [-0.39, 0.29) is 0 Å². The van der Waals surface area contributed by atoms with Gasteiger partial charge in [-0.3, -0.25) is 0 Å². The number of aliphatic hydroxyl groups excluding tert-OH is 1. The lowest BCUT2D eigenvalue weighted by molar-refractivity contribution is 0.159. The Morgan fingerprint density at radius 2 is 2.05 bits per heavy atom. The van der Waals surface area contributed by atoms with E-state index in [9.17, 15) is 5.11 Å². The standard InChI is InChI=1S/C17H24N2O3/c1-21-14-7-8-15(17(12-14)22-2)16(20)6-4-3-5-10-19-11-9-18-13-19/h7-9,11-13,16,20H,3-6,10H2,1-2H3. The van der Waals surface area contributed by atoms with Crippen LogP contribution in [0.1, 0.15) is 37.4 Å². The van der Waals surface area contributed by atoms with E-state index in [0.29, 0.717) is 5.75 Å². The highest BCUT2D eigenvalue weighted by Gasteiger charge is 2.13. The van der Waals surface area contributed by atoms with E-state index < -0.39 is 6.10 Å². The Kier molecular flexibility index (Phi) is 6.27. The van der Waals surface area contributed by atoms with Crippen LogP contribution in [0, 0.1) is 0 Å². The summed E-state index contributed by atoms with van der Waals surface area (Å²) in [5.74, 6) is 1.40. The van der Waals surface area contributed by atoms with Crippen molar-refractivity contribution >= 4 is 0 Å². The summed E-state index contributed by atoms with van der Waals surface area (Å²) in [5, 5.41) is 10.3. The van der Waals surface area contributed by atoms with Gasteiger partial charge in [0.1, 0.15) is 11.5 Å². The molecule has 0 aliphatic rings. The Morgan fingerprint density at radius 1 is 1.18 bits per heavy atom. The molecule has 1 atom stereocenters. The zero-order valence-electron chi connectivity index (χ0n) is 13.2. The van der Waals surface area contributed by atoms with Crippen LogP contribution in [0.5, 0.6) is 11.5 Å². The maximum absolute atomic E-state index is 10.3. The molecule has 0 amide bonds. The van der Waals surface area contributed by atoms with E-state index in [1.165, 1.54) is 0 Å². The number of rotatable bonds is 9. The van der Waals surface area contributed by atoms with Crippen LogP contribution in [-0.4, -0.2) is 28.9 Å². The van der Waals surface area contributed by atoms with Crippen molar-refractivity contribution in [1.82, 2.24) is 9.55 Å². The zero-order chi connectivity index (χ0) is 15.8. The van der Waals surface area contributed by atoms with Crippen LogP contribution in [-0.2, 0) is 6.54 Å². The Bertz CT molecular complexity index is 555. The van der Waals surface area contributed by atoms with E-state index in [4.69, 9.17) is 9.47 Å². The average Bonchev–Trinajstić information content (AvgIpc) is 3.07. The number of benzene rings is 1. The number of imidazole rings is 1. The lowest BCUT2D eigenvalue weighted by Crippen LogP contribution is -2.02. The third-order valence-corrected chi connectivity index (χ3v) is 3.75. The summed E-state index contributed by atoms with van der Waals surface area (Å²) in [6, 6.07) is 5.52. The van der Waals surface area contributed by atoms with E-state index in [0.717, 1.165) is 43.5 Å². The normalized spacial score (nSPS) is 12.1. The second kappa shape index (κ2) is 8.44. The average molecular weight is 304 g/mol. The quantitative estimate of drug-likeness (QED) is 0.723. The first-order chi connectivity index (χ1) is 10.7. The summed E-state index contributed by atoms with van der Waals surface area (Å²) >= 11 is 0. The number of unbranched alkanes of at least 4 members (excludes halogenated alkanes) is 2. The van der Waals surface area contributed by atoms with Crippen molar-refractivity contribution in [3.05, 3.63) is 42.5 Å². The molecule has 0 bridgehead atoms. The number of aliphatic hydroxyl groups is 1. The molecule has 1 aromatic heterocycles. The van der Waals surface area contributed by atoms with Crippen LogP contribution in [0.25, 0.3) is 0 Å². The maximum Gasteiger partial charge on any atom is 0.128 e. The highest BCUT2D eigenvalue weighted by atomic mass is 16.5. The summed E-state index contributed by atoms with van der Waals surface area (Å²) in [6.45, 7) is 0.974. The third-order valence-electron chi connectivity index (χ3n) is 3.75. The molecule has 1 aromatic carbocycles. The van der Waals surface area contributed by atoms with Gasteiger partial charge in [0.15, 0.2) is 0 Å². The summed E-state index contributed by atoms with van der Waals surface area (Å²) < 4.78 is 12.6. The topological polar surface area (TPSA) is 56.5 Å². The molecule has 120 valence electrons. The van der Waals surface area contributed by atoms with Crippen molar-refractivity contribution in [2.45, 2.75) is 38.3 Å². The molecular weight excluding hydrogens is 280 g/mol. The molecule has 0 radical (unpaired) electrons. The minimum Gasteiger partial charge on any atom is -0.497 e. The van der Waals surface area contributed by atoms with Crippen molar-refractivity contribution in [2.24, 2.45) is 0 Å². The van der Waals surface area contributed by atoms with Crippen molar-refractivity contribution in [1.29, 1.82) is 0 Å². The predicted octanol–water partition coefficient (Wildman–Crippen LogP) is 3.19. The van der Waals surface area contributed by atoms with Crippen LogP contribution in [0.3, 0.4) is 0 Å². The van der Waals surface area contributed by atoms with Crippen LogP contribution in [0.4, 0.5) is 0 Å². The van der Waals surface area contributed by atoms with E-state index in [1.54, 1.807) is 26.5 Å². The number of hydrogen-bond donors (Lipinski definition) is 1. The first-order valence-electron chi connectivity index (χ1n) is 7.60. The fourth-order valence-electron chi connectivity index (χ4n) is 2.48. The molecule has 0 saturated heterocycles. The maximum atomic E-state index is 10.3. The number of methoxy groups -OCH3 is 2. The molecule has 5 heteroatoms. The molecular formula is C17H24N2O3. The summed E-state index contributed by atoms with van der Waals surface area (Å²) in [4.78, 5) is 4.02. The highest BCUT2D eigenvalue weighted by molar-refractivity contribution is 5.41. The fourth-order valence-corrected chi connectivity index (χ4v) is 2.48. The molecule has 5 nitrogen and oxygen atoms in total. The Hall–Kier alpha value is -2.01. The van der Waals surface area contributed by atoms with Crippen molar-refractivity contribution < 1.29 is 14.6 Å². The summed E-state index contributed by atoms with van der Waals surface area (Å²) in [7, 11) is 3.22. The molecule has 1 heterocycles. The number of aryl methyl sites for hydroxylation is 1. The second-order valence-electron chi connectivity index (χ2n) is 5.27. The van der Waals surface area contributed by atoms with Crippen LogP contribution in [0.15, 0.2) is 36.9 Å². The van der Waals surface area contributed by atoms with Gasteiger partial charge in [-0.2, -0.15) is 0 Å². The zero-order valence-corrected chi connectivity index (χ0v) is 13.2. The minimum atomic E-state index is -0.505. The van der Waals surface area contributed by atoms with Gasteiger partial charge in [-0.15, -0.1) is 0 Å². The molecule has 0 aliphatic heterocycles. The third kappa shape index (κ3) is 4.49. The predicted molar refractivity (Wildman–Crippen MR) is 85.2 cm³/mol. The Balaban J connectivity index is 1.78. The fraction of sp³-hybridized carbons (Fsp3) is 0.471. The molecule has 0 fully saturated rings. The molecule has 22 heavy (non-hydrogen) atoms. The van der Waals surface area contributed by atoms with Gasteiger partial charge in [-0.25, -0.2) is 4.98 Å². The van der Waals surface area contributed by atoms with Gasteiger partial charge < -0.3 is 19.1 Å². The molecule has 0 saturated carbocycles. The number of aromatic nitrogens is 2. The van der Waals surface area contributed by atoms with Gasteiger partial charge in [0.25, 0.3) is 0 Å². The van der Waals surface area contributed by atoms with Crippen LogP contribution >= 0.6 is 0 Å². The van der Waals surface area contributed by atoms with E-state index in [1.807, 2.05) is 24.7 Å². The van der Waals surface area contributed by atoms with Crippen molar-refractivity contribution in [3.63, 3.8) is 0 Å². The first kappa shape index (κ1) is 16.4. The summed E-state index contributed by atoms with van der Waals surface area (Å²) in [5.41, 5.74) is 0.818. The molecule has 2 rings (SSSR count). The van der Waals surface area contributed by atoms with Crippen molar-refractivity contribution in [2.75, 3.05) is 14.2 Å². The van der Waals surface area contributed by atoms with Gasteiger partial charge in [-0.1, -0.05) is 12.8 Å². The smallest absolute Gasteiger partial charge is 0.128 e. The lowest BCUT2D eigenvalue weighted by atomic mass is 10.0. The number of nitrogens with zero attached hydrogens (tertiary/aromatic N) is 2. The van der Waals surface area contributed by atoms with Gasteiger partial charge in [0.2, 0.25) is 0 Å². The van der Waals surface area contributed by atoms with Crippen LogP contribution < -0.4 is 9.47 Å². The Labute approximate surface area is 131 Å². The molecule has 0 spiro atoms. The monoisotopic (exact) mass is 304 g/mol. The van der Waals surface area contributed by atoms with Gasteiger partial charge in [-0.05, 0) is 25.0 Å². The Morgan fingerprint density at radius 3 is 2.73 bits per heavy atom. The number of ether oxygens (including phenoxy) is 2. The SMILES string of the molecule is COc1ccc(C(O)CCCCCn2ccnc2)c(OC)c1. The molecule has 1 unspecified atom stereocenters. The molecule has 2 aromatic rings. The van der Waals surface area contributed by atoms with E-state index in [2.05, 4.69) is 9.55 Å².